The Morgan fingerprint density at radius 2 is 1.68 bits per heavy atom. The normalized spacial score (nSPS) is 22.2. The van der Waals surface area contributed by atoms with E-state index in [2.05, 4.69) is 0 Å². The minimum Gasteiger partial charge on any atom is -0.366 e. The summed E-state index contributed by atoms with van der Waals surface area (Å²) in [4.78, 5) is 42.8. The van der Waals surface area contributed by atoms with E-state index in [4.69, 9.17) is 0 Å². The third-order valence-corrected chi connectivity index (χ3v) is 6.42. The van der Waals surface area contributed by atoms with E-state index in [1.165, 1.54) is 11.0 Å². The summed E-state index contributed by atoms with van der Waals surface area (Å²) in [6.45, 7) is 1.79. The van der Waals surface area contributed by atoms with Gasteiger partial charge in [-0.05, 0) is 25.0 Å². The molecule has 3 aliphatic rings. The first-order valence-electron chi connectivity index (χ1n) is 10.1. The Bertz CT molecular complexity index is 783. The zero-order valence-electron chi connectivity index (χ0n) is 16.0. The standard InChI is InChI=1S/C21H26FN3O3/c22-16-6-2-3-7-17(16)23-10-12-24(13-11-23)19(27)15-25-18(26)14-21(20(25)28)8-4-1-5-9-21/h2-3,6-7H,1,4-5,8-15H2. The number of rotatable bonds is 3. The van der Waals surface area contributed by atoms with Crippen LogP contribution in [0.3, 0.4) is 0 Å². The van der Waals surface area contributed by atoms with E-state index < -0.39 is 5.41 Å². The van der Waals surface area contributed by atoms with E-state index >= 15 is 0 Å². The molecule has 0 unspecified atom stereocenters. The van der Waals surface area contributed by atoms with Crippen LogP contribution in [-0.2, 0) is 14.4 Å². The molecule has 0 bridgehead atoms. The first-order chi connectivity index (χ1) is 13.5. The Balaban J connectivity index is 1.35. The average molecular weight is 387 g/mol. The van der Waals surface area contributed by atoms with E-state index in [0.717, 1.165) is 32.1 Å². The fourth-order valence-electron chi connectivity index (χ4n) is 4.78. The number of imide groups is 1. The lowest BCUT2D eigenvalue weighted by Crippen LogP contribution is -2.52. The molecule has 3 fully saturated rings. The van der Waals surface area contributed by atoms with Crippen LogP contribution >= 0.6 is 0 Å². The summed E-state index contributed by atoms with van der Waals surface area (Å²) in [5.41, 5.74) is -0.0159. The summed E-state index contributed by atoms with van der Waals surface area (Å²) in [5.74, 6) is -0.850. The molecule has 2 aliphatic heterocycles. The van der Waals surface area contributed by atoms with Gasteiger partial charge in [-0.15, -0.1) is 0 Å². The van der Waals surface area contributed by atoms with Crippen LogP contribution in [0.2, 0.25) is 0 Å². The Hall–Kier alpha value is -2.44. The quantitative estimate of drug-likeness (QED) is 0.746. The summed E-state index contributed by atoms with van der Waals surface area (Å²) in [6.07, 6.45) is 4.80. The minimum atomic E-state index is -0.556. The summed E-state index contributed by atoms with van der Waals surface area (Å²) >= 11 is 0. The van der Waals surface area contributed by atoms with Gasteiger partial charge in [0, 0.05) is 32.6 Å². The van der Waals surface area contributed by atoms with Crippen LogP contribution in [0.1, 0.15) is 38.5 Å². The highest BCUT2D eigenvalue weighted by Gasteiger charge is 2.52. The SMILES string of the molecule is O=C(CN1C(=O)CC2(CCCCC2)C1=O)N1CCN(c2ccccc2F)CC1. The van der Waals surface area contributed by atoms with Gasteiger partial charge in [-0.2, -0.15) is 0 Å². The highest BCUT2D eigenvalue weighted by atomic mass is 19.1. The molecule has 7 heteroatoms. The van der Waals surface area contributed by atoms with Gasteiger partial charge in [0.1, 0.15) is 12.4 Å². The number of hydrogen-bond acceptors (Lipinski definition) is 4. The zero-order valence-corrected chi connectivity index (χ0v) is 16.0. The molecule has 6 nitrogen and oxygen atoms in total. The maximum Gasteiger partial charge on any atom is 0.242 e. The van der Waals surface area contributed by atoms with E-state index in [9.17, 15) is 18.8 Å². The lowest BCUT2D eigenvalue weighted by molar-refractivity contribution is -0.148. The van der Waals surface area contributed by atoms with Crippen molar-refractivity contribution in [2.75, 3.05) is 37.6 Å². The van der Waals surface area contributed by atoms with Crippen LogP contribution < -0.4 is 4.90 Å². The number of para-hydroxylation sites is 1. The Morgan fingerprint density at radius 1 is 1.00 bits per heavy atom. The average Bonchev–Trinajstić information content (AvgIpc) is 2.93. The van der Waals surface area contributed by atoms with Gasteiger partial charge >= 0.3 is 0 Å². The molecular weight excluding hydrogens is 361 g/mol. The summed E-state index contributed by atoms with van der Waals surface area (Å²) in [6, 6.07) is 6.61. The van der Waals surface area contributed by atoms with Crippen molar-refractivity contribution in [3.8, 4) is 0 Å². The van der Waals surface area contributed by atoms with Crippen molar-refractivity contribution in [3.63, 3.8) is 0 Å². The van der Waals surface area contributed by atoms with Crippen molar-refractivity contribution in [2.45, 2.75) is 38.5 Å². The van der Waals surface area contributed by atoms with Gasteiger partial charge in [0.05, 0.1) is 11.1 Å². The fourth-order valence-corrected chi connectivity index (χ4v) is 4.78. The number of likely N-dealkylation sites (tertiary alicyclic amines) is 1. The number of amides is 3. The van der Waals surface area contributed by atoms with Gasteiger partial charge in [0.15, 0.2) is 0 Å². The summed E-state index contributed by atoms with van der Waals surface area (Å²) < 4.78 is 14.0. The maximum atomic E-state index is 14.0. The molecule has 150 valence electrons. The van der Waals surface area contributed by atoms with E-state index in [1.807, 2.05) is 4.90 Å². The molecule has 1 aromatic carbocycles. The number of halogens is 1. The Labute approximate surface area is 164 Å². The number of carbonyl (C=O) groups is 3. The molecule has 0 radical (unpaired) electrons. The Kier molecular flexibility index (Phi) is 5.08. The molecule has 4 rings (SSSR count). The van der Waals surface area contributed by atoms with Gasteiger partial charge in [-0.1, -0.05) is 31.4 Å². The molecule has 2 heterocycles. The van der Waals surface area contributed by atoms with Crippen LogP contribution in [0.25, 0.3) is 0 Å². The van der Waals surface area contributed by atoms with Crippen LogP contribution in [0.4, 0.5) is 10.1 Å². The summed E-state index contributed by atoms with van der Waals surface area (Å²) in [5, 5.41) is 0. The maximum absolute atomic E-state index is 14.0. The molecule has 1 aromatic rings. The van der Waals surface area contributed by atoms with E-state index in [0.29, 0.717) is 31.9 Å². The lowest BCUT2D eigenvalue weighted by Gasteiger charge is -2.37. The number of benzene rings is 1. The predicted octanol–water partition coefficient (Wildman–Crippen LogP) is 2.18. The number of nitrogens with zero attached hydrogens (tertiary/aromatic N) is 3. The zero-order chi connectivity index (χ0) is 19.7. The molecule has 1 saturated carbocycles. The fraction of sp³-hybridized carbons (Fsp3) is 0.571. The molecule has 2 saturated heterocycles. The first-order valence-corrected chi connectivity index (χ1v) is 10.1. The molecule has 1 aliphatic carbocycles. The highest BCUT2D eigenvalue weighted by molar-refractivity contribution is 6.08. The van der Waals surface area contributed by atoms with E-state index in [-0.39, 0.29) is 36.5 Å². The van der Waals surface area contributed by atoms with Gasteiger partial charge < -0.3 is 9.80 Å². The third-order valence-electron chi connectivity index (χ3n) is 6.42. The second kappa shape index (κ2) is 7.53. The van der Waals surface area contributed by atoms with Crippen molar-refractivity contribution >= 4 is 23.4 Å². The number of hydrogen-bond donors (Lipinski definition) is 0. The smallest absolute Gasteiger partial charge is 0.242 e. The lowest BCUT2D eigenvalue weighted by atomic mass is 9.73. The molecule has 0 aromatic heterocycles. The highest BCUT2D eigenvalue weighted by Crippen LogP contribution is 2.45. The van der Waals surface area contributed by atoms with Crippen LogP contribution in [-0.4, -0.2) is 60.2 Å². The predicted molar refractivity (Wildman–Crippen MR) is 102 cm³/mol. The number of anilines is 1. The second-order valence-corrected chi connectivity index (χ2v) is 8.12. The van der Waals surface area contributed by atoms with Crippen LogP contribution in [0, 0.1) is 11.2 Å². The van der Waals surface area contributed by atoms with Crippen molar-refractivity contribution in [3.05, 3.63) is 30.1 Å². The van der Waals surface area contributed by atoms with Crippen molar-refractivity contribution in [1.29, 1.82) is 0 Å². The molecule has 1 spiro atoms. The molecule has 28 heavy (non-hydrogen) atoms. The third kappa shape index (κ3) is 3.38. The molecule has 0 N–H and O–H groups in total. The molecule has 0 atom stereocenters. The van der Waals surface area contributed by atoms with Crippen molar-refractivity contribution < 1.29 is 18.8 Å². The van der Waals surface area contributed by atoms with Gasteiger partial charge in [-0.25, -0.2) is 4.39 Å². The molecular formula is C21H26FN3O3. The monoisotopic (exact) mass is 387 g/mol. The van der Waals surface area contributed by atoms with Crippen molar-refractivity contribution in [2.24, 2.45) is 5.41 Å². The molecule has 3 amide bonds. The largest absolute Gasteiger partial charge is 0.366 e. The van der Waals surface area contributed by atoms with Gasteiger partial charge in [0.25, 0.3) is 0 Å². The topological polar surface area (TPSA) is 60.9 Å². The summed E-state index contributed by atoms with van der Waals surface area (Å²) in [7, 11) is 0. The number of carbonyl (C=O) groups excluding carboxylic acids is 3. The van der Waals surface area contributed by atoms with Gasteiger partial charge in [0.2, 0.25) is 17.7 Å². The minimum absolute atomic E-state index is 0.157. The first kappa shape index (κ1) is 18.9. The van der Waals surface area contributed by atoms with E-state index in [1.54, 1.807) is 23.1 Å². The van der Waals surface area contributed by atoms with Crippen LogP contribution in [0.5, 0.6) is 0 Å². The Morgan fingerprint density at radius 3 is 2.36 bits per heavy atom. The second-order valence-electron chi connectivity index (χ2n) is 8.12. The van der Waals surface area contributed by atoms with Crippen LogP contribution in [0.15, 0.2) is 24.3 Å². The number of piperazine rings is 1. The van der Waals surface area contributed by atoms with Gasteiger partial charge in [-0.3, -0.25) is 19.3 Å². The van der Waals surface area contributed by atoms with Crippen molar-refractivity contribution in [1.82, 2.24) is 9.80 Å².